The van der Waals surface area contributed by atoms with Gasteiger partial charge >= 0.3 is 5.97 Å². The zero-order chi connectivity index (χ0) is 10.1. The Bertz CT molecular complexity index is 204. The van der Waals surface area contributed by atoms with Crippen molar-refractivity contribution < 1.29 is 9.53 Å². The van der Waals surface area contributed by atoms with Crippen LogP contribution in [0.5, 0.6) is 0 Å². The monoisotopic (exact) mass is 186 g/mol. The quantitative estimate of drug-likeness (QED) is 0.504. The Morgan fingerprint density at radius 2 is 2.31 bits per heavy atom. The highest BCUT2D eigenvalue weighted by molar-refractivity contribution is 5.76. The van der Waals surface area contributed by atoms with Crippen LogP contribution in [0.15, 0.2) is 0 Å². The molecule has 0 aromatic carbocycles. The number of nitrogens with zero attached hydrogens (tertiary/aromatic N) is 1. The van der Waals surface area contributed by atoms with Gasteiger partial charge in [0.05, 0.1) is 6.61 Å². The van der Waals surface area contributed by atoms with Crippen LogP contribution in [0.1, 0.15) is 27.2 Å². The molecule has 0 unspecified atom stereocenters. The van der Waals surface area contributed by atoms with E-state index in [-0.39, 0.29) is 17.4 Å². The molecule has 0 radical (unpaired) electrons. The predicted molar refractivity (Wildman–Crippen MR) is 49.7 cm³/mol. The van der Waals surface area contributed by atoms with Crippen LogP contribution in [0, 0.1) is 5.41 Å². The molecule has 0 saturated carbocycles. The lowest BCUT2D eigenvalue weighted by atomic mass is 9.91. The lowest BCUT2D eigenvalue weighted by Gasteiger charge is -2.16. The number of hydrogen-bond donors (Lipinski definition) is 1. The minimum absolute atomic E-state index is 0.117. The highest BCUT2D eigenvalue weighted by Crippen LogP contribution is 2.32. The molecule has 0 aliphatic carbocycles. The smallest absolute Gasteiger partial charge is 0.324 e. The topological polar surface area (TPSA) is 55.6 Å². The summed E-state index contributed by atoms with van der Waals surface area (Å²) in [7, 11) is 0. The SMILES string of the molecule is CCOC(=O)[C@@H]1CC(C)(C)CN1N. The maximum Gasteiger partial charge on any atom is 0.324 e. The molecule has 0 spiro atoms. The minimum atomic E-state index is -0.255. The number of ether oxygens (including phenoxy) is 1. The molecule has 0 amide bonds. The van der Waals surface area contributed by atoms with Gasteiger partial charge in [0.15, 0.2) is 0 Å². The van der Waals surface area contributed by atoms with Gasteiger partial charge in [-0.2, -0.15) is 0 Å². The van der Waals surface area contributed by atoms with E-state index in [1.165, 1.54) is 0 Å². The first kappa shape index (κ1) is 10.5. The van der Waals surface area contributed by atoms with Crippen LogP contribution in [0.3, 0.4) is 0 Å². The first-order chi connectivity index (χ1) is 5.96. The van der Waals surface area contributed by atoms with E-state index in [4.69, 9.17) is 10.6 Å². The number of carbonyl (C=O) groups is 1. The second-order valence-corrected chi connectivity index (χ2v) is 4.31. The van der Waals surface area contributed by atoms with Gasteiger partial charge in [-0.1, -0.05) is 13.8 Å². The van der Waals surface area contributed by atoms with Gasteiger partial charge in [-0.15, -0.1) is 0 Å². The summed E-state index contributed by atoms with van der Waals surface area (Å²) in [4.78, 5) is 11.4. The average molecular weight is 186 g/mol. The van der Waals surface area contributed by atoms with Gasteiger partial charge in [0.1, 0.15) is 6.04 Å². The number of hydrazine groups is 1. The molecule has 1 atom stereocenters. The van der Waals surface area contributed by atoms with Crippen molar-refractivity contribution in [2.75, 3.05) is 13.2 Å². The Kier molecular flexibility index (Phi) is 2.93. The van der Waals surface area contributed by atoms with E-state index in [0.29, 0.717) is 6.61 Å². The molecule has 0 aromatic heterocycles. The normalized spacial score (nSPS) is 27.5. The number of nitrogens with two attached hydrogens (primary N) is 1. The Hall–Kier alpha value is -0.610. The highest BCUT2D eigenvalue weighted by Gasteiger charge is 2.40. The number of hydrogen-bond acceptors (Lipinski definition) is 4. The third-order valence-corrected chi connectivity index (χ3v) is 2.32. The molecule has 4 nitrogen and oxygen atoms in total. The molecule has 2 N–H and O–H groups in total. The van der Waals surface area contributed by atoms with Gasteiger partial charge < -0.3 is 4.74 Å². The Balaban J connectivity index is 2.57. The molecule has 1 fully saturated rings. The second-order valence-electron chi connectivity index (χ2n) is 4.31. The molecule has 1 heterocycles. The van der Waals surface area contributed by atoms with Gasteiger partial charge in [-0.3, -0.25) is 10.6 Å². The number of carbonyl (C=O) groups excluding carboxylic acids is 1. The van der Waals surface area contributed by atoms with Crippen LogP contribution in [0.2, 0.25) is 0 Å². The summed E-state index contributed by atoms with van der Waals surface area (Å²) in [5.41, 5.74) is 0.117. The van der Waals surface area contributed by atoms with Gasteiger partial charge in [-0.25, -0.2) is 5.01 Å². The van der Waals surface area contributed by atoms with E-state index in [1.807, 2.05) is 0 Å². The Morgan fingerprint density at radius 1 is 1.69 bits per heavy atom. The third-order valence-electron chi connectivity index (χ3n) is 2.32. The lowest BCUT2D eigenvalue weighted by molar-refractivity contribution is -0.148. The van der Waals surface area contributed by atoms with Crippen molar-refractivity contribution in [2.45, 2.75) is 33.2 Å². The fourth-order valence-electron chi connectivity index (χ4n) is 1.77. The number of esters is 1. The van der Waals surface area contributed by atoms with Crippen molar-refractivity contribution in [1.82, 2.24) is 5.01 Å². The predicted octanol–water partition coefficient (Wildman–Crippen LogP) is 0.524. The summed E-state index contributed by atoms with van der Waals surface area (Å²) in [6, 6.07) is -0.255. The molecule has 0 aromatic rings. The molecule has 4 heteroatoms. The first-order valence-corrected chi connectivity index (χ1v) is 4.64. The Morgan fingerprint density at radius 3 is 2.69 bits per heavy atom. The lowest BCUT2D eigenvalue weighted by Crippen LogP contribution is -2.42. The van der Waals surface area contributed by atoms with E-state index < -0.39 is 0 Å². The third kappa shape index (κ3) is 2.42. The highest BCUT2D eigenvalue weighted by atomic mass is 16.5. The molecular formula is C9H18N2O2. The summed E-state index contributed by atoms with van der Waals surface area (Å²) in [5, 5.41) is 1.58. The summed E-state index contributed by atoms with van der Waals surface area (Å²) in [6.45, 7) is 7.18. The maximum absolute atomic E-state index is 11.4. The largest absolute Gasteiger partial charge is 0.465 e. The zero-order valence-corrected chi connectivity index (χ0v) is 8.54. The van der Waals surface area contributed by atoms with Crippen LogP contribution in [-0.4, -0.2) is 30.2 Å². The van der Waals surface area contributed by atoms with Crippen LogP contribution < -0.4 is 5.84 Å². The molecule has 1 aliphatic rings. The molecule has 1 rings (SSSR count). The van der Waals surface area contributed by atoms with Crippen molar-refractivity contribution in [1.29, 1.82) is 0 Å². The molecule has 1 saturated heterocycles. The molecule has 1 aliphatic heterocycles. The maximum atomic E-state index is 11.4. The van der Waals surface area contributed by atoms with E-state index in [2.05, 4.69) is 13.8 Å². The van der Waals surface area contributed by atoms with E-state index in [1.54, 1.807) is 11.9 Å². The van der Waals surface area contributed by atoms with Crippen molar-refractivity contribution in [3.8, 4) is 0 Å². The molecule has 13 heavy (non-hydrogen) atoms. The van der Waals surface area contributed by atoms with Crippen molar-refractivity contribution >= 4 is 5.97 Å². The average Bonchev–Trinajstić information content (AvgIpc) is 2.25. The van der Waals surface area contributed by atoms with Crippen molar-refractivity contribution in [2.24, 2.45) is 11.3 Å². The van der Waals surface area contributed by atoms with Crippen molar-refractivity contribution in [3.63, 3.8) is 0 Å². The minimum Gasteiger partial charge on any atom is -0.465 e. The van der Waals surface area contributed by atoms with Crippen LogP contribution in [0.4, 0.5) is 0 Å². The molecular weight excluding hydrogens is 168 g/mol. The standard InChI is InChI=1S/C9H18N2O2/c1-4-13-8(12)7-5-9(2,3)6-11(7)10/h7H,4-6,10H2,1-3H3/t7-/m0/s1. The summed E-state index contributed by atoms with van der Waals surface area (Å²) >= 11 is 0. The van der Waals surface area contributed by atoms with E-state index in [0.717, 1.165) is 13.0 Å². The van der Waals surface area contributed by atoms with Crippen molar-refractivity contribution in [3.05, 3.63) is 0 Å². The summed E-state index contributed by atoms with van der Waals surface area (Å²) in [5.74, 6) is 5.52. The Labute approximate surface area is 79.0 Å². The summed E-state index contributed by atoms with van der Waals surface area (Å²) < 4.78 is 4.93. The van der Waals surface area contributed by atoms with E-state index in [9.17, 15) is 4.79 Å². The summed E-state index contributed by atoms with van der Waals surface area (Å²) in [6.07, 6.45) is 0.780. The fraction of sp³-hybridized carbons (Fsp3) is 0.889. The van der Waals surface area contributed by atoms with Crippen LogP contribution >= 0.6 is 0 Å². The first-order valence-electron chi connectivity index (χ1n) is 4.64. The van der Waals surface area contributed by atoms with Gasteiger partial charge in [0, 0.05) is 6.54 Å². The van der Waals surface area contributed by atoms with Gasteiger partial charge in [0.25, 0.3) is 0 Å². The molecule has 0 bridgehead atoms. The van der Waals surface area contributed by atoms with Crippen LogP contribution in [-0.2, 0) is 9.53 Å². The molecule has 76 valence electrons. The van der Waals surface area contributed by atoms with Gasteiger partial charge in [-0.05, 0) is 18.8 Å². The number of rotatable bonds is 2. The zero-order valence-electron chi connectivity index (χ0n) is 8.54. The second kappa shape index (κ2) is 3.64. The fourth-order valence-corrected chi connectivity index (χ4v) is 1.77. The van der Waals surface area contributed by atoms with Gasteiger partial charge in [0.2, 0.25) is 0 Å². The van der Waals surface area contributed by atoms with Crippen LogP contribution in [0.25, 0.3) is 0 Å². The van der Waals surface area contributed by atoms with E-state index >= 15 is 0 Å².